The molecule has 1 saturated heterocycles. The number of benzene rings is 1. The zero-order valence-electron chi connectivity index (χ0n) is 10.5. The van der Waals surface area contributed by atoms with Gasteiger partial charge in [0, 0.05) is 13.1 Å². The average Bonchev–Trinajstić information content (AvgIpc) is 2.38. The molecule has 1 amide bonds. The molecular weight excluding hydrogens is 271 g/mol. The van der Waals surface area contributed by atoms with Crippen LogP contribution < -0.4 is 5.32 Å². The van der Waals surface area contributed by atoms with Crippen molar-refractivity contribution >= 4 is 15.9 Å². The van der Waals surface area contributed by atoms with Gasteiger partial charge in [-0.05, 0) is 18.6 Å². The van der Waals surface area contributed by atoms with Gasteiger partial charge in [-0.2, -0.15) is 4.31 Å². The third kappa shape index (κ3) is 2.48. The summed E-state index contributed by atoms with van der Waals surface area (Å²) in [6.45, 7) is 2.11. The van der Waals surface area contributed by atoms with Crippen LogP contribution in [0.2, 0.25) is 0 Å². The fraction of sp³-hybridized carbons (Fsp3) is 0.417. The van der Waals surface area contributed by atoms with E-state index in [2.05, 4.69) is 5.32 Å². The Balaban J connectivity index is 2.44. The minimum Gasteiger partial charge on any atom is -0.353 e. The number of hydrogen-bond acceptors (Lipinski definition) is 3. The van der Waals surface area contributed by atoms with E-state index >= 15 is 0 Å². The number of nitrogens with zero attached hydrogens (tertiary/aromatic N) is 1. The highest BCUT2D eigenvalue weighted by molar-refractivity contribution is 7.89. The summed E-state index contributed by atoms with van der Waals surface area (Å²) >= 11 is 0. The summed E-state index contributed by atoms with van der Waals surface area (Å²) in [7, 11) is -3.99. The summed E-state index contributed by atoms with van der Waals surface area (Å²) in [5.41, 5.74) is 0. The summed E-state index contributed by atoms with van der Waals surface area (Å²) in [4.78, 5) is 11.3. The average molecular weight is 286 g/mol. The first-order chi connectivity index (χ1) is 8.98. The van der Waals surface area contributed by atoms with Crippen molar-refractivity contribution in [2.45, 2.75) is 24.3 Å². The fourth-order valence-corrected chi connectivity index (χ4v) is 3.88. The maximum absolute atomic E-state index is 13.7. The molecule has 0 spiro atoms. The molecule has 0 saturated carbocycles. The van der Waals surface area contributed by atoms with Crippen molar-refractivity contribution in [3.63, 3.8) is 0 Å². The minimum absolute atomic E-state index is 0.154. The van der Waals surface area contributed by atoms with E-state index in [1.807, 2.05) is 0 Å². The SMILES string of the molecule is CCC1C(=O)NCCN1S(=O)(=O)c1ccccc1F. The summed E-state index contributed by atoms with van der Waals surface area (Å²) < 4.78 is 39.6. The van der Waals surface area contributed by atoms with E-state index in [1.165, 1.54) is 18.2 Å². The van der Waals surface area contributed by atoms with Crippen LogP contribution in [-0.2, 0) is 14.8 Å². The Kier molecular flexibility index (Phi) is 3.86. The number of hydrogen-bond donors (Lipinski definition) is 1. The van der Waals surface area contributed by atoms with E-state index in [0.29, 0.717) is 6.42 Å². The van der Waals surface area contributed by atoms with Crippen LogP contribution in [0.1, 0.15) is 13.3 Å². The van der Waals surface area contributed by atoms with Gasteiger partial charge in [0.1, 0.15) is 16.8 Å². The molecule has 0 aliphatic carbocycles. The molecule has 1 N–H and O–H groups in total. The molecule has 1 heterocycles. The van der Waals surface area contributed by atoms with Crippen molar-refractivity contribution in [3.8, 4) is 0 Å². The molecule has 19 heavy (non-hydrogen) atoms. The number of amides is 1. The van der Waals surface area contributed by atoms with E-state index < -0.39 is 21.9 Å². The molecule has 5 nitrogen and oxygen atoms in total. The van der Waals surface area contributed by atoms with Crippen LogP contribution in [0.3, 0.4) is 0 Å². The Bertz CT molecular complexity index is 588. The molecular formula is C12H15FN2O3S. The van der Waals surface area contributed by atoms with Crippen LogP contribution in [0.4, 0.5) is 4.39 Å². The van der Waals surface area contributed by atoms with Gasteiger partial charge in [0.15, 0.2) is 0 Å². The minimum atomic E-state index is -3.99. The smallest absolute Gasteiger partial charge is 0.246 e. The normalized spacial score (nSPS) is 21.2. The zero-order chi connectivity index (χ0) is 14.0. The first kappa shape index (κ1) is 14.0. The molecule has 0 aromatic heterocycles. The van der Waals surface area contributed by atoms with Crippen molar-refractivity contribution in [1.82, 2.24) is 9.62 Å². The van der Waals surface area contributed by atoms with E-state index in [4.69, 9.17) is 0 Å². The van der Waals surface area contributed by atoms with Gasteiger partial charge in [0.25, 0.3) is 0 Å². The molecule has 7 heteroatoms. The predicted octanol–water partition coefficient (Wildman–Crippen LogP) is 0.725. The first-order valence-electron chi connectivity index (χ1n) is 6.02. The highest BCUT2D eigenvalue weighted by Gasteiger charge is 2.38. The third-order valence-electron chi connectivity index (χ3n) is 3.09. The maximum atomic E-state index is 13.7. The quantitative estimate of drug-likeness (QED) is 0.890. The Morgan fingerprint density at radius 1 is 1.42 bits per heavy atom. The van der Waals surface area contributed by atoms with E-state index in [1.54, 1.807) is 6.92 Å². The van der Waals surface area contributed by atoms with E-state index in [-0.39, 0.29) is 23.9 Å². The van der Waals surface area contributed by atoms with Crippen molar-refractivity contribution in [2.24, 2.45) is 0 Å². The number of piperazine rings is 1. The standard InChI is InChI=1S/C12H15FN2O3S/c1-2-10-12(16)14-7-8-15(10)19(17,18)11-6-4-3-5-9(11)13/h3-6,10H,2,7-8H2,1H3,(H,14,16). The second-order valence-electron chi connectivity index (χ2n) is 4.26. The van der Waals surface area contributed by atoms with Gasteiger partial charge < -0.3 is 5.32 Å². The largest absolute Gasteiger partial charge is 0.353 e. The van der Waals surface area contributed by atoms with Gasteiger partial charge in [0.05, 0.1) is 0 Å². The summed E-state index contributed by atoms with van der Waals surface area (Å²) in [6, 6.07) is 4.41. The highest BCUT2D eigenvalue weighted by atomic mass is 32.2. The summed E-state index contributed by atoms with van der Waals surface area (Å²) in [6.07, 6.45) is 0.347. The Morgan fingerprint density at radius 3 is 2.74 bits per heavy atom. The number of rotatable bonds is 3. The molecule has 0 bridgehead atoms. The van der Waals surface area contributed by atoms with Gasteiger partial charge in [-0.15, -0.1) is 0 Å². The molecule has 1 fully saturated rings. The number of carbonyl (C=O) groups excluding carboxylic acids is 1. The van der Waals surface area contributed by atoms with Crippen LogP contribution in [0.15, 0.2) is 29.2 Å². The predicted molar refractivity (Wildman–Crippen MR) is 67.4 cm³/mol. The Morgan fingerprint density at radius 2 is 2.11 bits per heavy atom. The highest BCUT2D eigenvalue weighted by Crippen LogP contribution is 2.23. The van der Waals surface area contributed by atoms with Crippen molar-refractivity contribution in [2.75, 3.05) is 13.1 Å². The Labute approximate surface area is 111 Å². The maximum Gasteiger partial charge on any atom is 0.246 e. The lowest BCUT2D eigenvalue weighted by atomic mass is 10.2. The number of carbonyl (C=O) groups is 1. The van der Waals surface area contributed by atoms with Crippen molar-refractivity contribution in [1.29, 1.82) is 0 Å². The Hall–Kier alpha value is -1.47. The van der Waals surface area contributed by atoms with Crippen LogP contribution in [0, 0.1) is 5.82 Å². The van der Waals surface area contributed by atoms with Crippen molar-refractivity contribution in [3.05, 3.63) is 30.1 Å². The molecule has 1 aromatic rings. The van der Waals surface area contributed by atoms with Gasteiger partial charge in [-0.1, -0.05) is 19.1 Å². The molecule has 1 aliphatic rings. The number of halogens is 1. The summed E-state index contributed by atoms with van der Waals surface area (Å²) in [5, 5.41) is 2.61. The van der Waals surface area contributed by atoms with Crippen LogP contribution >= 0.6 is 0 Å². The fourth-order valence-electron chi connectivity index (χ4n) is 2.15. The van der Waals surface area contributed by atoms with Gasteiger partial charge in [-0.3, -0.25) is 4.79 Å². The van der Waals surface area contributed by atoms with Gasteiger partial charge in [0.2, 0.25) is 15.9 Å². The number of sulfonamides is 1. The number of nitrogens with one attached hydrogen (secondary N) is 1. The molecule has 1 aliphatic heterocycles. The monoisotopic (exact) mass is 286 g/mol. The topological polar surface area (TPSA) is 66.5 Å². The first-order valence-corrected chi connectivity index (χ1v) is 7.46. The molecule has 1 aromatic carbocycles. The van der Waals surface area contributed by atoms with Crippen LogP contribution in [-0.4, -0.2) is 37.8 Å². The molecule has 1 unspecified atom stereocenters. The zero-order valence-corrected chi connectivity index (χ0v) is 11.3. The van der Waals surface area contributed by atoms with E-state index in [9.17, 15) is 17.6 Å². The summed E-state index contributed by atoms with van der Waals surface area (Å²) in [5.74, 6) is -1.14. The van der Waals surface area contributed by atoms with Crippen molar-refractivity contribution < 1.29 is 17.6 Å². The lowest BCUT2D eigenvalue weighted by molar-refractivity contribution is -0.126. The molecule has 0 radical (unpaired) electrons. The lowest BCUT2D eigenvalue weighted by Crippen LogP contribution is -2.56. The van der Waals surface area contributed by atoms with Crippen LogP contribution in [0.5, 0.6) is 0 Å². The van der Waals surface area contributed by atoms with E-state index in [0.717, 1.165) is 10.4 Å². The molecule has 2 rings (SSSR count). The lowest BCUT2D eigenvalue weighted by Gasteiger charge is -2.33. The second kappa shape index (κ2) is 5.26. The second-order valence-corrected chi connectivity index (χ2v) is 6.12. The molecule has 104 valence electrons. The van der Waals surface area contributed by atoms with Gasteiger partial charge >= 0.3 is 0 Å². The van der Waals surface area contributed by atoms with Crippen LogP contribution in [0.25, 0.3) is 0 Å². The third-order valence-corrected chi connectivity index (χ3v) is 5.03. The van der Waals surface area contributed by atoms with Gasteiger partial charge in [-0.25, -0.2) is 12.8 Å². The molecule has 1 atom stereocenters.